The Hall–Kier alpha value is -1.39. The second-order valence-corrected chi connectivity index (χ2v) is 3.82. The van der Waals surface area contributed by atoms with Crippen LogP contribution in [0, 0.1) is 0 Å². The summed E-state index contributed by atoms with van der Waals surface area (Å²) < 4.78 is 9.85. The van der Waals surface area contributed by atoms with E-state index in [1.165, 1.54) is 13.8 Å². The molecule has 0 aliphatic heterocycles. The topological polar surface area (TPSA) is 69.7 Å². The monoisotopic (exact) mass is 244 g/mol. The number of ketones is 1. The van der Waals surface area contributed by atoms with Crippen LogP contribution < -0.4 is 0 Å². The Kier molecular flexibility index (Phi) is 6.46. The van der Waals surface area contributed by atoms with Crippen molar-refractivity contribution in [2.45, 2.75) is 59.2 Å². The van der Waals surface area contributed by atoms with Gasteiger partial charge < -0.3 is 9.47 Å². The molecule has 0 heterocycles. The summed E-state index contributed by atoms with van der Waals surface area (Å²) >= 11 is 0. The number of hydrogen-bond donors (Lipinski definition) is 0. The van der Waals surface area contributed by atoms with Crippen molar-refractivity contribution in [1.29, 1.82) is 0 Å². The van der Waals surface area contributed by atoms with Gasteiger partial charge in [0, 0.05) is 26.7 Å². The van der Waals surface area contributed by atoms with Crippen molar-refractivity contribution in [3.63, 3.8) is 0 Å². The normalized spacial score (nSPS) is 10.8. The van der Waals surface area contributed by atoms with E-state index in [4.69, 9.17) is 9.47 Å². The highest BCUT2D eigenvalue weighted by Crippen LogP contribution is 2.23. The Morgan fingerprint density at radius 2 is 1.47 bits per heavy atom. The van der Waals surface area contributed by atoms with E-state index in [0.717, 1.165) is 6.42 Å². The van der Waals surface area contributed by atoms with Gasteiger partial charge in [0.05, 0.1) is 0 Å². The molecule has 0 spiro atoms. The third-order valence-corrected chi connectivity index (χ3v) is 2.26. The molecule has 0 unspecified atom stereocenters. The highest BCUT2D eigenvalue weighted by atomic mass is 16.7. The van der Waals surface area contributed by atoms with Crippen LogP contribution in [0.3, 0.4) is 0 Å². The molecule has 17 heavy (non-hydrogen) atoms. The summed E-state index contributed by atoms with van der Waals surface area (Å²) in [5, 5.41) is 0. The fourth-order valence-electron chi connectivity index (χ4n) is 1.47. The molecule has 0 bridgehead atoms. The van der Waals surface area contributed by atoms with Gasteiger partial charge in [-0.2, -0.15) is 0 Å². The summed E-state index contributed by atoms with van der Waals surface area (Å²) in [5.74, 6) is -3.39. The molecule has 0 rings (SSSR count). The summed E-state index contributed by atoms with van der Waals surface area (Å²) in [6.07, 6.45) is 1.86. The van der Waals surface area contributed by atoms with Gasteiger partial charge in [-0.25, -0.2) is 0 Å². The number of esters is 2. The maximum absolute atomic E-state index is 12.0. The first kappa shape index (κ1) is 15.6. The molecule has 0 aromatic rings. The quantitative estimate of drug-likeness (QED) is 0.506. The molecule has 0 radical (unpaired) electrons. The zero-order valence-electron chi connectivity index (χ0n) is 10.9. The van der Waals surface area contributed by atoms with E-state index in [-0.39, 0.29) is 18.6 Å². The average molecular weight is 244 g/mol. The predicted molar refractivity (Wildman–Crippen MR) is 61.1 cm³/mol. The molecule has 98 valence electrons. The summed E-state index contributed by atoms with van der Waals surface area (Å²) in [7, 11) is 0. The van der Waals surface area contributed by atoms with Gasteiger partial charge in [0.15, 0.2) is 0 Å². The maximum atomic E-state index is 12.0. The van der Waals surface area contributed by atoms with Crippen molar-refractivity contribution < 1.29 is 23.9 Å². The van der Waals surface area contributed by atoms with Gasteiger partial charge in [0.25, 0.3) is 0 Å². The molecule has 0 amide bonds. The molecule has 0 saturated carbocycles. The van der Waals surface area contributed by atoms with Crippen molar-refractivity contribution in [3.05, 3.63) is 0 Å². The second-order valence-electron chi connectivity index (χ2n) is 3.82. The summed E-state index contributed by atoms with van der Waals surface area (Å²) in [4.78, 5) is 34.0. The van der Waals surface area contributed by atoms with E-state index in [9.17, 15) is 14.4 Å². The summed E-state index contributed by atoms with van der Waals surface area (Å²) in [6, 6.07) is 0. The molecule has 0 N–H and O–H groups in total. The number of carbonyl (C=O) groups excluding carboxylic acids is 3. The number of rotatable bonds is 7. The summed E-state index contributed by atoms with van der Waals surface area (Å²) in [5.41, 5.74) is 0. The second kappa shape index (κ2) is 7.04. The van der Waals surface area contributed by atoms with Gasteiger partial charge in [0.2, 0.25) is 5.78 Å². The first-order valence-corrected chi connectivity index (χ1v) is 5.80. The van der Waals surface area contributed by atoms with Crippen LogP contribution >= 0.6 is 0 Å². The van der Waals surface area contributed by atoms with E-state index in [2.05, 4.69) is 0 Å². The maximum Gasteiger partial charge on any atom is 0.316 e. The number of Topliss-reactive ketones (excluding diaryl/α,β-unsaturated/α-hetero) is 1. The molecule has 0 aliphatic rings. The zero-order valence-corrected chi connectivity index (χ0v) is 10.9. The van der Waals surface area contributed by atoms with E-state index in [0.29, 0.717) is 6.42 Å². The Morgan fingerprint density at radius 3 is 1.76 bits per heavy atom. The van der Waals surface area contributed by atoms with E-state index in [1.807, 2.05) is 6.92 Å². The molecule has 0 aliphatic carbocycles. The van der Waals surface area contributed by atoms with Gasteiger partial charge in [-0.3, -0.25) is 14.4 Å². The predicted octanol–water partition coefficient (Wildman–Crippen LogP) is 1.98. The van der Waals surface area contributed by atoms with Crippen molar-refractivity contribution in [3.8, 4) is 0 Å². The highest BCUT2D eigenvalue weighted by molar-refractivity contribution is 5.89. The fourth-order valence-corrected chi connectivity index (χ4v) is 1.47. The number of hydrogen-bond acceptors (Lipinski definition) is 5. The van der Waals surface area contributed by atoms with Gasteiger partial charge in [0.1, 0.15) is 0 Å². The molecule has 5 heteroatoms. The van der Waals surface area contributed by atoms with Gasteiger partial charge in [-0.05, 0) is 6.42 Å². The third-order valence-electron chi connectivity index (χ3n) is 2.26. The Morgan fingerprint density at radius 1 is 1.00 bits per heavy atom. The van der Waals surface area contributed by atoms with Crippen LogP contribution in [0.5, 0.6) is 0 Å². The lowest BCUT2D eigenvalue weighted by atomic mass is 10.0. The molecule has 0 atom stereocenters. The van der Waals surface area contributed by atoms with E-state index >= 15 is 0 Å². The lowest BCUT2D eigenvalue weighted by molar-refractivity contribution is -0.224. The molecular formula is C12H20O5. The SMILES string of the molecule is CCCCC(=O)C(CC)(OC(C)=O)OC(C)=O. The van der Waals surface area contributed by atoms with E-state index in [1.54, 1.807) is 6.92 Å². The summed E-state index contributed by atoms with van der Waals surface area (Å²) in [6.45, 7) is 5.94. The molecular weight excluding hydrogens is 224 g/mol. The van der Waals surface area contributed by atoms with Crippen molar-refractivity contribution in [2.24, 2.45) is 0 Å². The van der Waals surface area contributed by atoms with Crippen LogP contribution in [0.1, 0.15) is 53.4 Å². The van der Waals surface area contributed by atoms with Crippen molar-refractivity contribution >= 4 is 17.7 Å². The van der Waals surface area contributed by atoms with Gasteiger partial charge in [-0.1, -0.05) is 20.3 Å². The highest BCUT2D eigenvalue weighted by Gasteiger charge is 2.42. The van der Waals surface area contributed by atoms with Crippen LogP contribution in [0.4, 0.5) is 0 Å². The smallest absolute Gasteiger partial charge is 0.316 e. The van der Waals surface area contributed by atoms with Crippen LogP contribution in [0.15, 0.2) is 0 Å². The lowest BCUT2D eigenvalue weighted by Crippen LogP contribution is -2.46. The van der Waals surface area contributed by atoms with E-state index < -0.39 is 17.7 Å². The standard InChI is InChI=1S/C12H20O5/c1-5-7-8-11(15)12(6-2,16-9(3)13)17-10(4)14/h5-8H2,1-4H3. The Labute approximate surface area is 101 Å². The van der Waals surface area contributed by atoms with Crippen LogP contribution in [-0.2, 0) is 23.9 Å². The third kappa shape index (κ3) is 4.97. The van der Waals surface area contributed by atoms with Crippen molar-refractivity contribution in [1.82, 2.24) is 0 Å². The number of unbranched alkanes of at least 4 members (excludes halogenated alkanes) is 1. The van der Waals surface area contributed by atoms with Crippen molar-refractivity contribution in [2.75, 3.05) is 0 Å². The fraction of sp³-hybridized carbons (Fsp3) is 0.750. The first-order valence-electron chi connectivity index (χ1n) is 5.80. The molecule has 5 nitrogen and oxygen atoms in total. The van der Waals surface area contributed by atoms with Crippen LogP contribution in [0.25, 0.3) is 0 Å². The van der Waals surface area contributed by atoms with Gasteiger partial charge >= 0.3 is 17.7 Å². The Balaban J connectivity index is 4.95. The molecule has 0 fully saturated rings. The Bertz CT molecular complexity index is 279. The van der Waals surface area contributed by atoms with Crippen LogP contribution in [-0.4, -0.2) is 23.5 Å². The largest absolute Gasteiger partial charge is 0.415 e. The number of ether oxygens (including phenoxy) is 2. The van der Waals surface area contributed by atoms with Crippen LogP contribution in [0.2, 0.25) is 0 Å². The molecule has 0 aromatic carbocycles. The zero-order chi connectivity index (χ0) is 13.5. The minimum atomic E-state index is -1.74. The molecule has 0 saturated heterocycles. The minimum Gasteiger partial charge on any atom is -0.415 e. The first-order chi connectivity index (χ1) is 7.88. The minimum absolute atomic E-state index is 0.120. The number of carbonyl (C=O) groups is 3. The lowest BCUT2D eigenvalue weighted by Gasteiger charge is -2.29. The molecule has 0 aromatic heterocycles. The van der Waals surface area contributed by atoms with Gasteiger partial charge in [-0.15, -0.1) is 0 Å². The average Bonchev–Trinajstić information content (AvgIpc) is 2.23.